The van der Waals surface area contributed by atoms with Crippen molar-refractivity contribution in [3.8, 4) is 0 Å². The van der Waals surface area contributed by atoms with Crippen LogP contribution in [-0.2, 0) is 4.79 Å². The van der Waals surface area contributed by atoms with Crippen molar-refractivity contribution < 1.29 is 4.79 Å². The Morgan fingerprint density at radius 2 is 0.632 bits per heavy atom. The lowest BCUT2D eigenvalue weighted by molar-refractivity contribution is -0.123. The highest BCUT2D eigenvalue weighted by Gasteiger charge is 2.16. The summed E-state index contributed by atoms with van der Waals surface area (Å²) in [4.78, 5) is 12.8. The van der Waals surface area contributed by atoms with E-state index in [2.05, 4.69) is 20.8 Å². The van der Waals surface area contributed by atoms with Crippen LogP contribution in [0.2, 0.25) is 0 Å². The van der Waals surface area contributed by atoms with Gasteiger partial charge in [0.1, 0.15) is 5.78 Å². The van der Waals surface area contributed by atoms with Crippen LogP contribution >= 0.6 is 0 Å². The largest absolute Gasteiger partial charge is 0.299 e. The van der Waals surface area contributed by atoms with E-state index in [1.54, 1.807) is 0 Å². The topological polar surface area (TPSA) is 17.1 Å². The van der Waals surface area contributed by atoms with Crippen LogP contribution in [0.1, 0.15) is 226 Å². The number of unbranched alkanes of at least 4 members (excludes halogenated alkanes) is 26. The molecule has 0 amide bonds. The highest BCUT2D eigenvalue weighted by Crippen LogP contribution is 2.21. The normalized spacial score (nSPS) is 12.3. The Hall–Kier alpha value is -0.330. The Bertz CT molecular complexity index is 442. The molecular weight excluding hydrogens is 460 g/mol. The Kier molecular flexibility index (Phi) is 32.6. The first-order valence-corrected chi connectivity index (χ1v) is 18.3. The predicted molar refractivity (Wildman–Crippen MR) is 173 cm³/mol. The SMILES string of the molecule is CCCCCCCCCCCCCCCCCCC(=O)C(CCC)CCCCCCCCCCCCCC. The number of carbonyl (C=O) groups is 1. The Morgan fingerprint density at radius 3 is 0.947 bits per heavy atom. The predicted octanol–water partition coefficient (Wildman–Crippen LogP) is 13.7. The molecule has 1 nitrogen and oxygen atoms in total. The van der Waals surface area contributed by atoms with E-state index in [0.717, 1.165) is 32.1 Å². The van der Waals surface area contributed by atoms with Crippen molar-refractivity contribution in [2.75, 3.05) is 0 Å². The van der Waals surface area contributed by atoms with E-state index >= 15 is 0 Å². The van der Waals surface area contributed by atoms with E-state index in [0.29, 0.717) is 11.7 Å². The fourth-order valence-electron chi connectivity index (χ4n) is 6.10. The molecule has 0 aromatic heterocycles. The Morgan fingerprint density at radius 1 is 0.342 bits per heavy atom. The molecule has 0 fully saturated rings. The Labute approximate surface area is 242 Å². The molecule has 0 radical (unpaired) electrons. The van der Waals surface area contributed by atoms with Gasteiger partial charge in [-0.2, -0.15) is 0 Å². The summed E-state index contributed by atoms with van der Waals surface area (Å²) in [5.74, 6) is 0.944. The summed E-state index contributed by atoms with van der Waals surface area (Å²) < 4.78 is 0. The molecule has 1 heteroatoms. The molecule has 0 aliphatic carbocycles. The van der Waals surface area contributed by atoms with Crippen molar-refractivity contribution in [1.29, 1.82) is 0 Å². The molecule has 0 aliphatic heterocycles. The number of ketones is 1. The minimum Gasteiger partial charge on any atom is -0.299 e. The van der Waals surface area contributed by atoms with Gasteiger partial charge in [-0.25, -0.2) is 0 Å². The fourth-order valence-corrected chi connectivity index (χ4v) is 6.10. The first kappa shape index (κ1) is 37.7. The van der Waals surface area contributed by atoms with Gasteiger partial charge in [0.15, 0.2) is 0 Å². The number of carbonyl (C=O) groups excluding carboxylic acids is 1. The van der Waals surface area contributed by atoms with Gasteiger partial charge in [-0.3, -0.25) is 4.79 Å². The van der Waals surface area contributed by atoms with Crippen molar-refractivity contribution in [2.24, 2.45) is 5.92 Å². The lowest BCUT2D eigenvalue weighted by Crippen LogP contribution is -2.14. The lowest BCUT2D eigenvalue weighted by Gasteiger charge is -2.15. The summed E-state index contributed by atoms with van der Waals surface area (Å²) in [5.41, 5.74) is 0. The van der Waals surface area contributed by atoms with Gasteiger partial charge < -0.3 is 0 Å². The van der Waals surface area contributed by atoms with Gasteiger partial charge >= 0.3 is 0 Å². The summed E-state index contributed by atoms with van der Waals surface area (Å²) in [5, 5.41) is 0. The maximum absolute atomic E-state index is 12.8. The van der Waals surface area contributed by atoms with Crippen molar-refractivity contribution in [3.05, 3.63) is 0 Å². The average molecular weight is 535 g/mol. The van der Waals surface area contributed by atoms with Crippen molar-refractivity contribution in [1.82, 2.24) is 0 Å². The zero-order chi connectivity index (χ0) is 27.8. The van der Waals surface area contributed by atoms with Crippen LogP contribution in [0.4, 0.5) is 0 Å². The molecule has 0 rings (SSSR count). The molecule has 0 bridgehead atoms. The quantitative estimate of drug-likeness (QED) is 0.0765. The molecule has 0 aliphatic rings. The van der Waals surface area contributed by atoms with Crippen LogP contribution in [0, 0.1) is 5.92 Å². The first-order valence-electron chi connectivity index (χ1n) is 18.3. The van der Waals surface area contributed by atoms with E-state index in [-0.39, 0.29) is 0 Å². The third-order valence-corrected chi connectivity index (χ3v) is 8.78. The van der Waals surface area contributed by atoms with E-state index in [4.69, 9.17) is 0 Å². The van der Waals surface area contributed by atoms with Crippen LogP contribution in [-0.4, -0.2) is 5.78 Å². The van der Waals surface area contributed by atoms with Gasteiger partial charge in [-0.15, -0.1) is 0 Å². The van der Waals surface area contributed by atoms with E-state index in [1.165, 1.54) is 173 Å². The maximum Gasteiger partial charge on any atom is 0.135 e. The van der Waals surface area contributed by atoms with Crippen molar-refractivity contribution in [3.63, 3.8) is 0 Å². The third kappa shape index (κ3) is 28.7. The number of rotatable bonds is 33. The molecule has 1 unspecified atom stereocenters. The van der Waals surface area contributed by atoms with Gasteiger partial charge in [0.2, 0.25) is 0 Å². The summed E-state index contributed by atoms with van der Waals surface area (Å²) in [6, 6.07) is 0. The summed E-state index contributed by atoms with van der Waals surface area (Å²) >= 11 is 0. The van der Waals surface area contributed by atoms with Gasteiger partial charge in [0, 0.05) is 12.3 Å². The minimum absolute atomic E-state index is 0.361. The molecule has 0 N–H and O–H groups in total. The van der Waals surface area contributed by atoms with Crippen LogP contribution in [0.25, 0.3) is 0 Å². The van der Waals surface area contributed by atoms with E-state index < -0.39 is 0 Å². The van der Waals surface area contributed by atoms with Crippen LogP contribution in [0.5, 0.6) is 0 Å². The molecule has 0 spiro atoms. The number of hydrogen-bond acceptors (Lipinski definition) is 1. The van der Waals surface area contributed by atoms with Gasteiger partial charge in [0.05, 0.1) is 0 Å². The fraction of sp³-hybridized carbons (Fsp3) is 0.973. The summed E-state index contributed by atoms with van der Waals surface area (Å²) in [6.45, 7) is 6.84. The zero-order valence-corrected chi connectivity index (χ0v) is 27.1. The molecule has 38 heavy (non-hydrogen) atoms. The van der Waals surface area contributed by atoms with Crippen LogP contribution in [0.15, 0.2) is 0 Å². The molecular formula is C37H74O. The molecule has 0 aromatic rings. The first-order chi connectivity index (χ1) is 18.8. The standard InChI is InChI=1S/C37H74O/c1-4-7-9-11-13-15-17-19-20-21-22-24-26-28-30-32-35-37(38)36(33-6-3)34-31-29-27-25-23-18-16-14-12-10-8-5-2/h36H,4-35H2,1-3H3. The third-order valence-electron chi connectivity index (χ3n) is 8.78. The average Bonchev–Trinajstić information content (AvgIpc) is 2.92. The number of hydrogen-bond donors (Lipinski definition) is 0. The molecule has 0 saturated carbocycles. The molecule has 0 heterocycles. The van der Waals surface area contributed by atoms with Crippen LogP contribution < -0.4 is 0 Å². The van der Waals surface area contributed by atoms with Crippen molar-refractivity contribution >= 4 is 5.78 Å². The highest BCUT2D eigenvalue weighted by atomic mass is 16.1. The monoisotopic (exact) mass is 535 g/mol. The zero-order valence-electron chi connectivity index (χ0n) is 27.1. The molecule has 228 valence electrons. The van der Waals surface area contributed by atoms with E-state index in [1.807, 2.05) is 0 Å². The number of Topliss-reactive ketones (excluding diaryl/α,β-unsaturated/α-hetero) is 1. The lowest BCUT2D eigenvalue weighted by atomic mass is 9.89. The second-order valence-electron chi connectivity index (χ2n) is 12.7. The highest BCUT2D eigenvalue weighted by molar-refractivity contribution is 5.80. The smallest absolute Gasteiger partial charge is 0.135 e. The summed E-state index contributed by atoms with van der Waals surface area (Å²) in [6.07, 6.45) is 43.4. The van der Waals surface area contributed by atoms with Crippen LogP contribution in [0.3, 0.4) is 0 Å². The molecule has 0 aromatic carbocycles. The maximum atomic E-state index is 12.8. The Balaban J connectivity index is 3.50. The molecule has 0 saturated heterocycles. The van der Waals surface area contributed by atoms with E-state index in [9.17, 15) is 4.79 Å². The van der Waals surface area contributed by atoms with Gasteiger partial charge in [0.25, 0.3) is 0 Å². The molecule has 1 atom stereocenters. The summed E-state index contributed by atoms with van der Waals surface area (Å²) in [7, 11) is 0. The van der Waals surface area contributed by atoms with Gasteiger partial charge in [-0.05, 0) is 19.3 Å². The second kappa shape index (κ2) is 32.9. The van der Waals surface area contributed by atoms with Gasteiger partial charge in [-0.1, -0.05) is 201 Å². The minimum atomic E-state index is 0.361. The van der Waals surface area contributed by atoms with Crippen molar-refractivity contribution in [2.45, 2.75) is 226 Å². The second-order valence-corrected chi connectivity index (χ2v) is 12.7.